The number of aliphatic hydroxyl groups excluding tert-OH is 4. The van der Waals surface area contributed by atoms with E-state index >= 15 is 0 Å². The fraction of sp³-hybridized carbons (Fsp3) is 0.259. The van der Waals surface area contributed by atoms with Crippen LogP contribution in [0.3, 0.4) is 0 Å². The minimum atomic E-state index is -1.69. The molecule has 3 aromatic carbocycles. The number of aromatic amines is 1. The van der Waals surface area contributed by atoms with Gasteiger partial charge in [0.2, 0.25) is 6.41 Å². The van der Waals surface area contributed by atoms with Crippen molar-refractivity contribution in [3.8, 4) is 11.5 Å². The molecule has 4 heterocycles. The molecule has 2 aliphatic rings. The van der Waals surface area contributed by atoms with E-state index in [-0.39, 0.29) is 29.1 Å². The van der Waals surface area contributed by atoms with Crippen LogP contribution in [-0.4, -0.2) is 88.5 Å². The molecule has 5 atom stereocenters. The van der Waals surface area contributed by atoms with Gasteiger partial charge in [-0.3, -0.25) is 15.0 Å². The molecule has 0 bridgehead atoms. The van der Waals surface area contributed by atoms with Crippen LogP contribution in [0.5, 0.6) is 11.5 Å². The average molecular weight is 549 g/mol. The van der Waals surface area contributed by atoms with E-state index < -0.39 is 43.2 Å². The predicted octanol–water partition coefficient (Wildman–Crippen LogP) is 0.429. The van der Waals surface area contributed by atoms with Gasteiger partial charge in [-0.25, -0.2) is 5.01 Å². The van der Waals surface area contributed by atoms with Crippen molar-refractivity contribution in [2.45, 2.75) is 37.2 Å². The predicted molar refractivity (Wildman–Crippen MR) is 140 cm³/mol. The summed E-state index contributed by atoms with van der Waals surface area (Å²) in [5, 5.41) is 66.9. The van der Waals surface area contributed by atoms with Crippen molar-refractivity contribution >= 4 is 55.9 Å². The van der Waals surface area contributed by atoms with Gasteiger partial charge < -0.3 is 44.9 Å². The number of phenolic OH excluding ortho intramolecular Hbond substituents is 2. The molecule has 2 aromatic heterocycles. The Morgan fingerprint density at radius 1 is 0.950 bits per heavy atom. The van der Waals surface area contributed by atoms with Gasteiger partial charge in [0.1, 0.15) is 35.9 Å². The number of aromatic hydroxyl groups is 2. The molecule has 206 valence electrons. The number of hydrogen-bond acceptors (Lipinski definition) is 9. The molecule has 1 saturated heterocycles. The highest BCUT2D eigenvalue weighted by Gasteiger charge is 2.46. The molecule has 2 amide bonds. The quantitative estimate of drug-likeness (QED) is 0.147. The number of fused-ring (bicyclic) bond motifs is 10. The summed E-state index contributed by atoms with van der Waals surface area (Å²) in [7, 11) is 0. The molecule has 0 spiro atoms. The summed E-state index contributed by atoms with van der Waals surface area (Å²) >= 11 is 0. The van der Waals surface area contributed by atoms with Crippen molar-refractivity contribution in [3.05, 3.63) is 47.5 Å². The molecule has 8 N–H and O–H groups in total. The number of benzene rings is 3. The Bertz CT molecular complexity index is 1880. The van der Waals surface area contributed by atoms with Gasteiger partial charge in [0, 0.05) is 21.5 Å². The van der Waals surface area contributed by atoms with E-state index in [0.717, 1.165) is 5.01 Å². The molecule has 5 unspecified atom stereocenters. The molecule has 0 aliphatic carbocycles. The second-order valence-electron chi connectivity index (χ2n) is 10.1. The zero-order valence-electron chi connectivity index (χ0n) is 20.6. The number of aromatic nitrogens is 2. The van der Waals surface area contributed by atoms with E-state index in [2.05, 4.69) is 10.4 Å². The number of phenols is 2. The molecule has 0 radical (unpaired) electrons. The van der Waals surface area contributed by atoms with Crippen molar-refractivity contribution in [3.63, 3.8) is 0 Å². The van der Waals surface area contributed by atoms with Gasteiger partial charge in [-0.1, -0.05) is 24.3 Å². The zero-order chi connectivity index (χ0) is 28.0. The standard InChI is InChI=1S/C27H24N4O9/c32-8-15-23(36)24(37)25(38)27(40-15)31-21-11(4-2-6-14(21)35)16-12-7-30(28-9-33)26(39)18(12)17-10-3-1-5-13(34)19(10)29-20(17)22(16)31/h1-6,9,15,23-25,27,29,32,34-38H,7-8H2,(H,28,33). The van der Waals surface area contributed by atoms with Crippen LogP contribution in [0.25, 0.3) is 43.6 Å². The number of nitrogens with zero attached hydrogens (tertiary/aromatic N) is 2. The lowest BCUT2D eigenvalue weighted by atomic mass is 9.96. The van der Waals surface area contributed by atoms with Crippen LogP contribution in [0.15, 0.2) is 36.4 Å². The summed E-state index contributed by atoms with van der Waals surface area (Å²) in [6.07, 6.45) is -7.22. The van der Waals surface area contributed by atoms with Gasteiger partial charge in [0.15, 0.2) is 6.23 Å². The minimum absolute atomic E-state index is 0.0196. The van der Waals surface area contributed by atoms with Crippen molar-refractivity contribution in [2.75, 3.05) is 6.61 Å². The number of hydrogen-bond donors (Lipinski definition) is 8. The van der Waals surface area contributed by atoms with Gasteiger partial charge in [-0.15, -0.1) is 0 Å². The molecule has 0 saturated carbocycles. The van der Waals surface area contributed by atoms with E-state index in [1.165, 1.54) is 16.7 Å². The Balaban J connectivity index is 1.70. The third-order valence-corrected chi connectivity index (χ3v) is 8.01. The number of rotatable bonds is 4. The Morgan fingerprint density at radius 2 is 1.68 bits per heavy atom. The second kappa shape index (κ2) is 8.55. The summed E-state index contributed by atoms with van der Waals surface area (Å²) in [6, 6.07) is 9.59. The Morgan fingerprint density at radius 3 is 2.40 bits per heavy atom. The van der Waals surface area contributed by atoms with Crippen molar-refractivity contribution in [1.82, 2.24) is 20.0 Å². The maximum absolute atomic E-state index is 13.6. The monoisotopic (exact) mass is 548 g/mol. The Labute approximate surface area is 224 Å². The van der Waals surface area contributed by atoms with Crippen molar-refractivity contribution in [2.24, 2.45) is 0 Å². The first kappa shape index (κ1) is 24.6. The van der Waals surface area contributed by atoms with Crippen LogP contribution in [0.4, 0.5) is 0 Å². The molecule has 40 heavy (non-hydrogen) atoms. The number of hydrazine groups is 1. The smallest absolute Gasteiger partial charge is 0.273 e. The van der Waals surface area contributed by atoms with Gasteiger partial charge in [0.05, 0.1) is 40.8 Å². The SMILES string of the molecule is O=CNN1Cc2c(c3c4cccc(O)c4[nH]c3c3c2c2cccc(O)c2n3C2OC(CO)C(O)C(O)C2O)C1=O. The molecule has 7 rings (SSSR count). The number of carbonyl (C=O) groups is 2. The summed E-state index contributed by atoms with van der Waals surface area (Å²) in [4.78, 5) is 28.1. The molecular weight excluding hydrogens is 524 g/mol. The van der Waals surface area contributed by atoms with E-state index in [1.807, 2.05) is 0 Å². The van der Waals surface area contributed by atoms with Gasteiger partial charge in [0.25, 0.3) is 5.91 Å². The Hall–Kier alpha value is -4.40. The van der Waals surface area contributed by atoms with Crippen LogP contribution >= 0.6 is 0 Å². The molecule has 2 aliphatic heterocycles. The highest BCUT2D eigenvalue weighted by Crippen LogP contribution is 2.49. The van der Waals surface area contributed by atoms with Crippen LogP contribution in [0.1, 0.15) is 22.1 Å². The maximum atomic E-state index is 13.6. The largest absolute Gasteiger partial charge is 0.506 e. The minimum Gasteiger partial charge on any atom is -0.506 e. The first-order chi connectivity index (χ1) is 19.3. The highest BCUT2D eigenvalue weighted by molar-refractivity contribution is 6.31. The lowest BCUT2D eigenvalue weighted by molar-refractivity contribution is -0.249. The average Bonchev–Trinajstić information content (AvgIpc) is 3.59. The van der Waals surface area contributed by atoms with E-state index in [0.29, 0.717) is 50.1 Å². The molecular formula is C27H24N4O9. The van der Waals surface area contributed by atoms with Crippen LogP contribution < -0.4 is 5.43 Å². The zero-order valence-corrected chi connectivity index (χ0v) is 20.6. The number of H-pyrrole nitrogens is 1. The number of para-hydroxylation sites is 2. The lowest BCUT2D eigenvalue weighted by Crippen LogP contribution is -2.56. The summed E-state index contributed by atoms with van der Waals surface area (Å²) in [5.74, 6) is -0.756. The molecule has 1 fully saturated rings. The van der Waals surface area contributed by atoms with Crippen molar-refractivity contribution in [1.29, 1.82) is 0 Å². The maximum Gasteiger partial charge on any atom is 0.273 e. The van der Waals surface area contributed by atoms with Gasteiger partial charge >= 0.3 is 0 Å². The highest BCUT2D eigenvalue weighted by atomic mass is 16.6. The second-order valence-corrected chi connectivity index (χ2v) is 10.1. The summed E-state index contributed by atoms with van der Waals surface area (Å²) < 4.78 is 7.41. The number of amides is 2. The number of aliphatic hydroxyl groups is 4. The van der Waals surface area contributed by atoms with E-state index in [9.17, 15) is 40.2 Å². The van der Waals surface area contributed by atoms with Gasteiger partial charge in [-0.05, 0) is 17.7 Å². The Kier molecular flexibility index (Phi) is 5.26. The fourth-order valence-electron chi connectivity index (χ4n) is 6.29. The third-order valence-electron chi connectivity index (χ3n) is 8.01. The topological polar surface area (TPSA) is 201 Å². The lowest BCUT2D eigenvalue weighted by Gasteiger charge is -2.41. The number of nitrogens with one attached hydrogen (secondary N) is 2. The molecule has 13 nitrogen and oxygen atoms in total. The van der Waals surface area contributed by atoms with Crippen LogP contribution in [0, 0.1) is 0 Å². The summed E-state index contributed by atoms with van der Waals surface area (Å²) in [5.41, 5.74) is 4.48. The first-order valence-electron chi connectivity index (χ1n) is 12.5. The fourth-order valence-corrected chi connectivity index (χ4v) is 6.29. The number of carbonyl (C=O) groups excluding carboxylic acids is 2. The normalized spacial score (nSPS) is 24.9. The molecule has 5 aromatic rings. The van der Waals surface area contributed by atoms with Gasteiger partial charge in [-0.2, -0.15) is 0 Å². The van der Waals surface area contributed by atoms with E-state index in [4.69, 9.17) is 4.74 Å². The summed E-state index contributed by atoms with van der Waals surface area (Å²) in [6.45, 7) is -0.676. The third kappa shape index (κ3) is 3.03. The van der Waals surface area contributed by atoms with Crippen LogP contribution in [-0.2, 0) is 16.1 Å². The number of ether oxygens (including phenoxy) is 1. The van der Waals surface area contributed by atoms with Crippen molar-refractivity contribution < 1.29 is 45.0 Å². The first-order valence-corrected chi connectivity index (χ1v) is 12.5. The van der Waals surface area contributed by atoms with E-state index in [1.54, 1.807) is 24.3 Å². The molecule has 13 heteroatoms. The van der Waals surface area contributed by atoms with Crippen LogP contribution in [0.2, 0.25) is 0 Å².